The van der Waals surface area contributed by atoms with E-state index in [0.717, 1.165) is 35.9 Å². The average Bonchev–Trinajstić information content (AvgIpc) is 3.18. The summed E-state index contributed by atoms with van der Waals surface area (Å²) >= 11 is 3.26. The molecule has 1 fully saturated rings. The number of thiazole rings is 2. The van der Waals surface area contributed by atoms with Crippen LogP contribution >= 0.6 is 22.7 Å². The van der Waals surface area contributed by atoms with Gasteiger partial charge in [0.05, 0.1) is 33.6 Å². The van der Waals surface area contributed by atoms with Crippen molar-refractivity contribution in [2.24, 2.45) is 0 Å². The van der Waals surface area contributed by atoms with Crippen molar-refractivity contribution in [3.05, 3.63) is 40.8 Å². The van der Waals surface area contributed by atoms with Gasteiger partial charge in [0.2, 0.25) is 0 Å². The second-order valence-electron chi connectivity index (χ2n) is 5.81. The van der Waals surface area contributed by atoms with Gasteiger partial charge >= 0.3 is 0 Å². The zero-order chi connectivity index (χ0) is 15.6. The number of anilines is 1. The Balaban J connectivity index is 1.39. The summed E-state index contributed by atoms with van der Waals surface area (Å²) in [5.41, 5.74) is 3.95. The molecule has 0 radical (unpaired) electrons. The summed E-state index contributed by atoms with van der Waals surface area (Å²) in [5.74, 6) is 0. The Morgan fingerprint density at radius 3 is 3.04 bits per heavy atom. The molecule has 0 aliphatic carbocycles. The zero-order valence-corrected chi connectivity index (χ0v) is 14.2. The lowest BCUT2D eigenvalue weighted by molar-refractivity contribution is 0.0557. The lowest BCUT2D eigenvalue weighted by atomic mass is 10.0. The maximum atomic E-state index is 10.5. The quantitative estimate of drug-likeness (QED) is 0.761. The minimum Gasteiger partial charge on any atom is -0.390 e. The number of likely N-dealkylation sites (tertiary alicyclic amines) is 1. The summed E-state index contributed by atoms with van der Waals surface area (Å²) in [6, 6.07) is 8.17. The van der Waals surface area contributed by atoms with E-state index >= 15 is 0 Å². The van der Waals surface area contributed by atoms with Crippen LogP contribution in [0.5, 0.6) is 0 Å². The van der Waals surface area contributed by atoms with E-state index in [-0.39, 0.29) is 6.04 Å². The number of para-hydroxylation sites is 1. The topological polar surface area (TPSA) is 61.3 Å². The normalized spacial score (nSPS) is 22.5. The SMILES string of the molecule is O[C@@H]1CN(Cc2cscn2)CC[C@H]1Nc1nc2ccccc2s1. The number of nitrogens with zero attached hydrogens (tertiary/aromatic N) is 3. The van der Waals surface area contributed by atoms with E-state index in [0.29, 0.717) is 6.54 Å². The number of benzene rings is 1. The Kier molecular flexibility index (Phi) is 4.26. The van der Waals surface area contributed by atoms with Gasteiger partial charge in [0.15, 0.2) is 5.13 Å². The fourth-order valence-corrected chi connectivity index (χ4v) is 4.42. The van der Waals surface area contributed by atoms with Crippen LogP contribution in [0.3, 0.4) is 0 Å². The van der Waals surface area contributed by atoms with E-state index in [1.165, 1.54) is 4.70 Å². The molecule has 3 aromatic rings. The van der Waals surface area contributed by atoms with Crippen molar-refractivity contribution in [1.29, 1.82) is 0 Å². The van der Waals surface area contributed by atoms with Crippen molar-refractivity contribution in [3.63, 3.8) is 0 Å². The van der Waals surface area contributed by atoms with Crippen molar-refractivity contribution in [2.75, 3.05) is 18.4 Å². The Hall–Kier alpha value is -1.54. The molecule has 1 saturated heterocycles. The molecule has 2 aromatic heterocycles. The van der Waals surface area contributed by atoms with Crippen molar-refractivity contribution in [1.82, 2.24) is 14.9 Å². The van der Waals surface area contributed by atoms with Crippen LogP contribution in [0.15, 0.2) is 35.2 Å². The summed E-state index contributed by atoms with van der Waals surface area (Å²) in [6.07, 6.45) is 0.510. The van der Waals surface area contributed by atoms with Gasteiger partial charge in [-0.2, -0.15) is 0 Å². The molecule has 7 heteroatoms. The molecule has 0 amide bonds. The van der Waals surface area contributed by atoms with Crippen molar-refractivity contribution in [2.45, 2.75) is 25.1 Å². The molecule has 3 heterocycles. The molecule has 0 bridgehead atoms. The maximum absolute atomic E-state index is 10.5. The first-order valence-electron chi connectivity index (χ1n) is 7.67. The van der Waals surface area contributed by atoms with Gasteiger partial charge in [-0.25, -0.2) is 9.97 Å². The summed E-state index contributed by atoms with van der Waals surface area (Å²) in [6.45, 7) is 2.44. The van der Waals surface area contributed by atoms with Gasteiger partial charge < -0.3 is 10.4 Å². The number of β-amino-alcohol motifs (C(OH)–C–C–N with tert-alkyl or cyclic N) is 1. The summed E-state index contributed by atoms with van der Waals surface area (Å²) in [5, 5.41) is 16.8. The van der Waals surface area contributed by atoms with E-state index in [2.05, 4.69) is 31.6 Å². The van der Waals surface area contributed by atoms with Crippen LogP contribution in [0.4, 0.5) is 5.13 Å². The molecular weight excluding hydrogens is 328 g/mol. The highest BCUT2D eigenvalue weighted by Crippen LogP contribution is 2.27. The van der Waals surface area contributed by atoms with E-state index in [9.17, 15) is 5.11 Å². The number of aliphatic hydroxyl groups excluding tert-OH is 1. The minimum absolute atomic E-state index is 0.0576. The van der Waals surface area contributed by atoms with E-state index in [1.807, 2.05) is 23.7 Å². The number of fused-ring (bicyclic) bond motifs is 1. The van der Waals surface area contributed by atoms with Gasteiger partial charge in [0, 0.05) is 25.0 Å². The predicted molar refractivity (Wildman–Crippen MR) is 95.0 cm³/mol. The molecular formula is C16H18N4OS2. The first kappa shape index (κ1) is 15.0. The number of aliphatic hydroxyl groups is 1. The highest BCUT2D eigenvalue weighted by atomic mass is 32.1. The average molecular weight is 346 g/mol. The molecule has 1 aliphatic rings. The predicted octanol–water partition coefficient (Wildman–Crippen LogP) is 2.80. The molecule has 23 heavy (non-hydrogen) atoms. The zero-order valence-electron chi connectivity index (χ0n) is 12.6. The van der Waals surface area contributed by atoms with Crippen LogP contribution < -0.4 is 5.32 Å². The van der Waals surface area contributed by atoms with Crippen LogP contribution in [-0.2, 0) is 6.54 Å². The van der Waals surface area contributed by atoms with E-state index in [1.54, 1.807) is 22.7 Å². The van der Waals surface area contributed by atoms with Gasteiger partial charge in [-0.15, -0.1) is 11.3 Å². The Morgan fingerprint density at radius 2 is 2.26 bits per heavy atom. The van der Waals surface area contributed by atoms with E-state index < -0.39 is 6.10 Å². The Labute approximate surface area is 142 Å². The van der Waals surface area contributed by atoms with Crippen LogP contribution in [0.2, 0.25) is 0 Å². The molecule has 120 valence electrons. The molecule has 1 aromatic carbocycles. The van der Waals surface area contributed by atoms with Crippen LogP contribution in [0.25, 0.3) is 10.2 Å². The molecule has 4 rings (SSSR count). The largest absolute Gasteiger partial charge is 0.390 e. The van der Waals surface area contributed by atoms with Gasteiger partial charge in [-0.1, -0.05) is 23.5 Å². The molecule has 2 N–H and O–H groups in total. The molecule has 0 spiro atoms. The number of aromatic nitrogens is 2. The first-order chi connectivity index (χ1) is 11.3. The standard InChI is InChI=1S/C16H18N4OS2/c21-14-8-20(7-11-9-22-10-17-11)6-5-12(14)18-16-19-13-3-1-2-4-15(13)23-16/h1-4,9-10,12,14,21H,5-8H2,(H,18,19)/t12-,14-/m1/s1. The number of rotatable bonds is 4. The number of hydrogen-bond acceptors (Lipinski definition) is 7. The van der Waals surface area contributed by atoms with Crippen molar-refractivity contribution < 1.29 is 5.11 Å². The minimum atomic E-state index is -0.394. The van der Waals surface area contributed by atoms with Gasteiger partial charge in [-0.05, 0) is 18.6 Å². The summed E-state index contributed by atoms with van der Waals surface area (Å²) < 4.78 is 1.17. The molecule has 0 unspecified atom stereocenters. The fraction of sp³-hybridized carbons (Fsp3) is 0.375. The number of nitrogens with one attached hydrogen (secondary N) is 1. The van der Waals surface area contributed by atoms with E-state index in [4.69, 9.17) is 0 Å². The maximum Gasteiger partial charge on any atom is 0.184 e. The lowest BCUT2D eigenvalue weighted by Gasteiger charge is -2.35. The lowest BCUT2D eigenvalue weighted by Crippen LogP contribution is -2.49. The van der Waals surface area contributed by atoms with Gasteiger partial charge in [-0.3, -0.25) is 4.90 Å². The van der Waals surface area contributed by atoms with Crippen LogP contribution in [0, 0.1) is 0 Å². The van der Waals surface area contributed by atoms with Crippen LogP contribution in [0.1, 0.15) is 12.1 Å². The Bertz CT molecular complexity index is 740. The highest BCUT2D eigenvalue weighted by Gasteiger charge is 2.28. The molecule has 1 aliphatic heterocycles. The summed E-state index contributed by atoms with van der Waals surface area (Å²) in [7, 11) is 0. The van der Waals surface area contributed by atoms with Crippen LogP contribution in [-0.4, -0.2) is 45.2 Å². The molecule has 5 nitrogen and oxygen atoms in total. The second-order valence-corrected chi connectivity index (χ2v) is 7.56. The highest BCUT2D eigenvalue weighted by molar-refractivity contribution is 7.22. The fourth-order valence-electron chi connectivity index (χ4n) is 2.95. The molecule has 0 saturated carbocycles. The second kappa shape index (κ2) is 6.52. The third-order valence-corrected chi connectivity index (χ3v) is 5.74. The van der Waals surface area contributed by atoms with Gasteiger partial charge in [0.25, 0.3) is 0 Å². The third-order valence-electron chi connectivity index (χ3n) is 4.14. The summed E-state index contributed by atoms with van der Waals surface area (Å²) in [4.78, 5) is 11.2. The third kappa shape index (κ3) is 3.37. The number of hydrogen-bond donors (Lipinski definition) is 2. The number of piperidine rings is 1. The smallest absolute Gasteiger partial charge is 0.184 e. The first-order valence-corrected chi connectivity index (χ1v) is 9.43. The van der Waals surface area contributed by atoms with Crippen molar-refractivity contribution >= 4 is 38.0 Å². The Morgan fingerprint density at radius 1 is 1.35 bits per heavy atom. The van der Waals surface area contributed by atoms with Crippen molar-refractivity contribution in [3.8, 4) is 0 Å². The monoisotopic (exact) mass is 346 g/mol. The molecule has 2 atom stereocenters. The van der Waals surface area contributed by atoms with Gasteiger partial charge in [0.1, 0.15) is 0 Å².